The van der Waals surface area contributed by atoms with Crippen LogP contribution in [0.25, 0.3) is 0 Å². The topological polar surface area (TPSA) is 49.2 Å². The van der Waals surface area contributed by atoms with E-state index >= 15 is 0 Å². The average molecular weight is 221 g/mol. The van der Waals surface area contributed by atoms with Crippen molar-refractivity contribution < 1.29 is 5.11 Å². The smallest absolute Gasteiger partial charge is 0.147 e. The minimum absolute atomic E-state index is 0.0423. The lowest BCUT2D eigenvalue weighted by molar-refractivity contribution is 0.276. The normalized spacial score (nSPS) is 17.4. The summed E-state index contributed by atoms with van der Waals surface area (Å²) in [6.07, 6.45) is 9.83. The molecular formula is C12H19N3O. The summed E-state index contributed by atoms with van der Waals surface area (Å²) in [4.78, 5) is 10.7. The van der Waals surface area contributed by atoms with Gasteiger partial charge in [-0.05, 0) is 12.8 Å². The predicted octanol–water partition coefficient (Wildman–Crippen LogP) is 1.74. The van der Waals surface area contributed by atoms with Gasteiger partial charge in [-0.1, -0.05) is 19.3 Å². The lowest BCUT2D eigenvalue weighted by Gasteiger charge is -2.31. The molecule has 0 aromatic carbocycles. The number of anilines is 1. The zero-order valence-corrected chi connectivity index (χ0v) is 9.76. The van der Waals surface area contributed by atoms with Crippen molar-refractivity contribution in [3.63, 3.8) is 0 Å². The fraction of sp³-hybridized carbons (Fsp3) is 0.667. The fourth-order valence-electron chi connectivity index (χ4n) is 2.30. The molecule has 0 spiro atoms. The molecule has 1 aliphatic carbocycles. The van der Waals surface area contributed by atoms with Gasteiger partial charge in [-0.25, -0.2) is 4.98 Å². The molecule has 0 atom stereocenters. The van der Waals surface area contributed by atoms with Crippen molar-refractivity contribution >= 4 is 5.82 Å². The average Bonchev–Trinajstić information content (AvgIpc) is 2.39. The zero-order valence-electron chi connectivity index (χ0n) is 9.76. The molecule has 1 aliphatic rings. The van der Waals surface area contributed by atoms with Crippen LogP contribution in [0.2, 0.25) is 0 Å². The van der Waals surface area contributed by atoms with Gasteiger partial charge in [-0.2, -0.15) is 0 Å². The Morgan fingerprint density at radius 1 is 1.31 bits per heavy atom. The minimum atomic E-state index is -0.0423. The summed E-state index contributed by atoms with van der Waals surface area (Å²) in [5.41, 5.74) is 0.639. The highest BCUT2D eigenvalue weighted by molar-refractivity contribution is 5.36. The Kier molecular flexibility index (Phi) is 3.72. The molecular weight excluding hydrogens is 202 g/mol. The molecule has 0 unspecified atom stereocenters. The van der Waals surface area contributed by atoms with Crippen LogP contribution in [0.3, 0.4) is 0 Å². The summed E-state index contributed by atoms with van der Waals surface area (Å²) in [7, 11) is 2.07. The first-order chi connectivity index (χ1) is 7.81. The molecule has 88 valence electrons. The van der Waals surface area contributed by atoms with Gasteiger partial charge in [0.1, 0.15) is 5.82 Å². The summed E-state index contributed by atoms with van der Waals surface area (Å²) in [6, 6.07) is 0.581. The minimum Gasteiger partial charge on any atom is -0.390 e. The summed E-state index contributed by atoms with van der Waals surface area (Å²) >= 11 is 0. The van der Waals surface area contributed by atoms with Crippen molar-refractivity contribution in [3.8, 4) is 0 Å². The molecule has 4 nitrogen and oxygen atoms in total. The van der Waals surface area contributed by atoms with Crippen molar-refractivity contribution in [2.75, 3.05) is 11.9 Å². The summed E-state index contributed by atoms with van der Waals surface area (Å²) in [6.45, 7) is -0.0423. The highest BCUT2D eigenvalue weighted by atomic mass is 16.3. The molecule has 0 radical (unpaired) electrons. The summed E-state index contributed by atoms with van der Waals surface area (Å²) in [5.74, 6) is 0.874. The molecule has 4 heteroatoms. The first-order valence-electron chi connectivity index (χ1n) is 5.96. The number of hydrogen-bond donors (Lipinski definition) is 1. The molecule has 1 aromatic heterocycles. The van der Waals surface area contributed by atoms with Crippen molar-refractivity contribution in [2.24, 2.45) is 0 Å². The Labute approximate surface area is 96.3 Å². The number of aromatic nitrogens is 2. The Morgan fingerprint density at radius 2 is 2.06 bits per heavy atom. The Hall–Kier alpha value is -1.16. The SMILES string of the molecule is CN(c1cncc(CO)n1)C1CCCCC1. The van der Waals surface area contributed by atoms with Crippen LogP contribution in [0.15, 0.2) is 12.4 Å². The molecule has 0 bridgehead atoms. The number of rotatable bonds is 3. The summed E-state index contributed by atoms with van der Waals surface area (Å²) < 4.78 is 0. The van der Waals surface area contributed by atoms with E-state index in [1.165, 1.54) is 32.1 Å². The first kappa shape index (κ1) is 11.3. The first-order valence-corrected chi connectivity index (χ1v) is 5.96. The molecule has 0 amide bonds. The van der Waals surface area contributed by atoms with Crippen LogP contribution >= 0.6 is 0 Å². The van der Waals surface area contributed by atoms with Gasteiger partial charge in [0, 0.05) is 13.1 Å². The molecule has 1 fully saturated rings. The van der Waals surface area contributed by atoms with Crippen molar-refractivity contribution in [1.82, 2.24) is 9.97 Å². The monoisotopic (exact) mass is 221 g/mol. The molecule has 1 saturated carbocycles. The van der Waals surface area contributed by atoms with E-state index in [1.54, 1.807) is 12.4 Å². The third-order valence-electron chi connectivity index (χ3n) is 3.32. The quantitative estimate of drug-likeness (QED) is 0.844. The van der Waals surface area contributed by atoms with Crippen molar-refractivity contribution in [3.05, 3.63) is 18.1 Å². The molecule has 16 heavy (non-hydrogen) atoms. The lowest BCUT2D eigenvalue weighted by Crippen LogP contribution is -2.34. The van der Waals surface area contributed by atoms with Gasteiger partial charge in [0.25, 0.3) is 0 Å². The third kappa shape index (κ3) is 2.50. The molecule has 1 N–H and O–H groups in total. The lowest BCUT2D eigenvalue weighted by atomic mass is 9.94. The summed E-state index contributed by atoms with van der Waals surface area (Å²) in [5, 5.41) is 9.03. The highest BCUT2D eigenvalue weighted by Crippen LogP contribution is 2.24. The highest BCUT2D eigenvalue weighted by Gasteiger charge is 2.19. The second-order valence-corrected chi connectivity index (χ2v) is 4.43. The van der Waals surface area contributed by atoms with Crippen LogP contribution in [0.1, 0.15) is 37.8 Å². The Morgan fingerprint density at radius 3 is 2.75 bits per heavy atom. The fourth-order valence-corrected chi connectivity index (χ4v) is 2.30. The third-order valence-corrected chi connectivity index (χ3v) is 3.32. The van der Waals surface area contributed by atoms with Gasteiger partial charge >= 0.3 is 0 Å². The maximum atomic E-state index is 9.03. The van der Waals surface area contributed by atoms with Gasteiger partial charge in [-0.15, -0.1) is 0 Å². The van der Waals surface area contributed by atoms with Crippen LogP contribution in [-0.4, -0.2) is 28.2 Å². The number of aliphatic hydroxyl groups is 1. The van der Waals surface area contributed by atoms with Gasteiger partial charge in [0.15, 0.2) is 0 Å². The number of aliphatic hydroxyl groups excluding tert-OH is 1. The van der Waals surface area contributed by atoms with E-state index in [1.807, 2.05) is 0 Å². The zero-order chi connectivity index (χ0) is 11.4. The van der Waals surface area contributed by atoms with Crippen LogP contribution in [0.5, 0.6) is 0 Å². The maximum Gasteiger partial charge on any atom is 0.147 e. The standard InChI is InChI=1S/C12H19N3O/c1-15(11-5-3-2-4-6-11)12-8-13-7-10(9-16)14-12/h7-8,11,16H,2-6,9H2,1H3. The molecule has 0 saturated heterocycles. The van der Waals surface area contributed by atoms with Crippen molar-refractivity contribution in [2.45, 2.75) is 44.8 Å². The molecule has 0 aliphatic heterocycles. The van der Waals surface area contributed by atoms with E-state index in [0.717, 1.165) is 5.82 Å². The van der Waals surface area contributed by atoms with Gasteiger partial charge in [-0.3, -0.25) is 4.98 Å². The van der Waals surface area contributed by atoms with E-state index < -0.39 is 0 Å². The van der Waals surface area contributed by atoms with E-state index in [9.17, 15) is 0 Å². The molecule has 1 heterocycles. The van der Waals surface area contributed by atoms with Crippen LogP contribution in [0, 0.1) is 0 Å². The van der Waals surface area contributed by atoms with E-state index in [2.05, 4.69) is 21.9 Å². The van der Waals surface area contributed by atoms with Crippen LogP contribution < -0.4 is 4.90 Å². The second kappa shape index (κ2) is 5.25. The Bertz CT molecular complexity index is 337. The van der Waals surface area contributed by atoms with E-state index in [-0.39, 0.29) is 6.61 Å². The van der Waals surface area contributed by atoms with Gasteiger partial charge in [0.2, 0.25) is 0 Å². The Balaban J connectivity index is 2.09. The molecule has 1 aromatic rings. The predicted molar refractivity (Wildman–Crippen MR) is 63.2 cm³/mol. The van der Waals surface area contributed by atoms with Crippen molar-refractivity contribution in [1.29, 1.82) is 0 Å². The van der Waals surface area contributed by atoms with Crippen LogP contribution in [-0.2, 0) is 6.61 Å². The van der Waals surface area contributed by atoms with E-state index in [4.69, 9.17) is 5.11 Å². The number of nitrogens with zero attached hydrogens (tertiary/aromatic N) is 3. The van der Waals surface area contributed by atoms with Gasteiger partial charge < -0.3 is 10.0 Å². The maximum absolute atomic E-state index is 9.03. The van der Waals surface area contributed by atoms with Crippen LogP contribution in [0.4, 0.5) is 5.82 Å². The van der Waals surface area contributed by atoms with E-state index in [0.29, 0.717) is 11.7 Å². The molecule has 2 rings (SSSR count). The second-order valence-electron chi connectivity index (χ2n) is 4.43. The van der Waals surface area contributed by atoms with Gasteiger partial charge in [0.05, 0.1) is 24.7 Å². The number of hydrogen-bond acceptors (Lipinski definition) is 4. The largest absolute Gasteiger partial charge is 0.390 e.